The van der Waals surface area contributed by atoms with Gasteiger partial charge in [-0.15, -0.1) is 0 Å². The van der Waals surface area contributed by atoms with Gasteiger partial charge >= 0.3 is 0 Å². The van der Waals surface area contributed by atoms with Crippen molar-refractivity contribution in [1.82, 2.24) is 9.97 Å². The van der Waals surface area contributed by atoms with Gasteiger partial charge < -0.3 is 4.98 Å². The maximum absolute atomic E-state index is 12.0. The van der Waals surface area contributed by atoms with Gasteiger partial charge in [0, 0.05) is 34.8 Å². The van der Waals surface area contributed by atoms with Crippen LogP contribution in [0.2, 0.25) is 0 Å². The topological polar surface area (TPSA) is 79.9 Å². The molecule has 0 unspecified atom stereocenters. The Morgan fingerprint density at radius 3 is 2.48 bits per heavy atom. The lowest BCUT2D eigenvalue weighted by molar-refractivity contribution is 0.598. The van der Waals surface area contributed by atoms with Crippen molar-refractivity contribution in [2.24, 2.45) is 5.92 Å². The molecule has 1 fully saturated rings. The maximum atomic E-state index is 12.0. The highest BCUT2D eigenvalue weighted by atomic mass is 32.2. The van der Waals surface area contributed by atoms with Crippen LogP contribution in [0, 0.1) is 12.8 Å². The van der Waals surface area contributed by atoms with E-state index in [9.17, 15) is 13.2 Å². The highest BCUT2D eigenvalue weighted by Gasteiger charge is 2.17. The van der Waals surface area contributed by atoms with Crippen LogP contribution in [0.4, 0.5) is 0 Å². The van der Waals surface area contributed by atoms with Gasteiger partial charge in [-0.3, -0.25) is 4.79 Å². The first kappa shape index (κ1) is 17.6. The zero-order chi connectivity index (χ0) is 18.0. The Morgan fingerprint density at radius 1 is 1.20 bits per heavy atom. The SMILES string of the molecule is Cc1ccc(/C(=C\C2CCCC2)c2ccc(S(C)(=O)=O)nc2)[nH]c1=O. The molecule has 5 nitrogen and oxygen atoms in total. The lowest BCUT2D eigenvalue weighted by Crippen LogP contribution is -2.11. The standard InChI is InChI=1S/C19H22N2O3S/c1-13-7-9-17(21-19(13)22)16(11-14-5-3-4-6-14)15-8-10-18(20-12-15)25(2,23)24/h7-12,14H,3-6H2,1-2H3,(H,21,22)/b16-11-. The van der Waals surface area contributed by atoms with Crippen molar-refractivity contribution < 1.29 is 8.42 Å². The molecule has 1 N–H and O–H groups in total. The summed E-state index contributed by atoms with van der Waals surface area (Å²) in [4.78, 5) is 19.0. The number of hydrogen-bond donors (Lipinski definition) is 1. The van der Waals surface area contributed by atoms with Gasteiger partial charge in [0.25, 0.3) is 5.56 Å². The van der Waals surface area contributed by atoms with Crippen LogP contribution in [-0.2, 0) is 9.84 Å². The smallest absolute Gasteiger partial charge is 0.251 e. The molecule has 132 valence electrons. The monoisotopic (exact) mass is 358 g/mol. The molecule has 1 saturated carbocycles. The van der Waals surface area contributed by atoms with E-state index in [-0.39, 0.29) is 10.6 Å². The molecule has 0 aliphatic heterocycles. The predicted molar refractivity (Wildman–Crippen MR) is 98.2 cm³/mol. The van der Waals surface area contributed by atoms with Gasteiger partial charge in [-0.2, -0.15) is 0 Å². The van der Waals surface area contributed by atoms with Crippen molar-refractivity contribution in [2.75, 3.05) is 6.26 Å². The third kappa shape index (κ3) is 4.07. The minimum absolute atomic E-state index is 0.0499. The van der Waals surface area contributed by atoms with E-state index in [0.29, 0.717) is 11.5 Å². The average molecular weight is 358 g/mol. The van der Waals surface area contributed by atoms with E-state index in [4.69, 9.17) is 0 Å². The lowest BCUT2D eigenvalue weighted by Gasteiger charge is -2.12. The number of pyridine rings is 2. The highest BCUT2D eigenvalue weighted by molar-refractivity contribution is 7.90. The number of hydrogen-bond acceptors (Lipinski definition) is 4. The minimum atomic E-state index is -3.33. The van der Waals surface area contributed by atoms with Crippen LogP contribution >= 0.6 is 0 Å². The summed E-state index contributed by atoms with van der Waals surface area (Å²) < 4.78 is 23.2. The quantitative estimate of drug-likeness (QED) is 0.911. The highest BCUT2D eigenvalue weighted by Crippen LogP contribution is 2.31. The van der Waals surface area contributed by atoms with Gasteiger partial charge in [0.15, 0.2) is 14.9 Å². The zero-order valence-electron chi connectivity index (χ0n) is 14.5. The summed E-state index contributed by atoms with van der Waals surface area (Å²) in [5.74, 6) is 0.467. The van der Waals surface area contributed by atoms with Crippen molar-refractivity contribution in [1.29, 1.82) is 0 Å². The molecule has 0 saturated heterocycles. The Kier molecular flexibility index (Phi) is 4.90. The van der Waals surface area contributed by atoms with Crippen molar-refractivity contribution in [2.45, 2.75) is 37.6 Å². The number of nitrogens with zero attached hydrogens (tertiary/aromatic N) is 1. The molecule has 2 aromatic rings. The summed E-state index contributed by atoms with van der Waals surface area (Å²) >= 11 is 0. The molecule has 2 aromatic heterocycles. The summed E-state index contributed by atoms with van der Waals surface area (Å²) in [6, 6.07) is 6.96. The number of nitrogens with one attached hydrogen (secondary N) is 1. The summed E-state index contributed by atoms with van der Waals surface area (Å²) in [5.41, 5.74) is 2.98. The Hall–Kier alpha value is -2.21. The van der Waals surface area contributed by atoms with Gasteiger partial charge in [0.05, 0.1) is 0 Å². The number of aryl methyl sites for hydroxylation is 1. The molecule has 0 spiro atoms. The van der Waals surface area contributed by atoms with E-state index in [1.54, 1.807) is 25.3 Å². The second kappa shape index (κ2) is 6.96. The lowest BCUT2D eigenvalue weighted by atomic mass is 9.97. The fraction of sp³-hybridized carbons (Fsp3) is 0.368. The predicted octanol–water partition coefficient (Wildman–Crippen LogP) is 3.10. The first-order valence-electron chi connectivity index (χ1n) is 8.43. The number of aromatic amines is 1. The van der Waals surface area contributed by atoms with Crippen LogP contribution < -0.4 is 5.56 Å². The number of H-pyrrole nitrogens is 1. The summed E-state index contributed by atoms with van der Waals surface area (Å²) in [5, 5.41) is 0.0499. The van der Waals surface area contributed by atoms with E-state index in [0.717, 1.165) is 35.9 Å². The fourth-order valence-corrected chi connectivity index (χ4v) is 3.72. The Morgan fingerprint density at radius 2 is 1.92 bits per heavy atom. The van der Waals surface area contributed by atoms with Gasteiger partial charge in [0.2, 0.25) is 0 Å². The molecule has 1 aliphatic carbocycles. The molecule has 1 aliphatic rings. The van der Waals surface area contributed by atoms with Crippen LogP contribution in [-0.4, -0.2) is 24.6 Å². The molecule has 0 aromatic carbocycles. The first-order chi connectivity index (χ1) is 11.8. The third-order valence-electron chi connectivity index (χ3n) is 4.63. The van der Waals surface area contributed by atoms with E-state index in [2.05, 4.69) is 16.0 Å². The first-order valence-corrected chi connectivity index (χ1v) is 10.3. The van der Waals surface area contributed by atoms with E-state index in [1.807, 2.05) is 6.07 Å². The second-order valence-corrected chi connectivity index (χ2v) is 8.63. The van der Waals surface area contributed by atoms with Crippen molar-refractivity contribution in [3.8, 4) is 0 Å². The van der Waals surface area contributed by atoms with Crippen LogP contribution in [0.1, 0.15) is 42.5 Å². The van der Waals surface area contributed by atoms with Gasteiger partial charge in [-0.25, -0.2) is 13.4 Å². The normalized spacial score (nSPS) is 16.3. The minimum Gasteiger partial charge on any atom is -0.322 e. The van der Waals surface area contributed by atoms with Gasteiger partial charge in [-0.1, -0.05) is 25.0 Å². The molecule has 6 heteroatoms. The molecular weight excluding hydrogens is 336 g/mol. The fourth-order valence-electron chi connectivity index (χ4n) is 3.16. The van der Waals surface area contributed by atoms with E-state index >= 15 is 0 Å². The molecule has 0 radical (unpaired) electrons. The Labute approximate surface area is 147 Å². The van der Waals surface area contributed by atoms with E-state index < -0.39 is 9.84 Å². The van der Waals surface area contributed by atoms with Gasteiger partial charge in [0.1, 0.15) is 0 Å². The number of allylic oxidation sites excluding steroid dienone is 1. The number of aromatic nitrogens is 2. The van der Waals surface area contributed by atoms with Crippen molar-refractivity contribution in [3.05, 3.63) is 63.7 Å². The van der Waals surface area contributed by atoms with Gasteiger partial charge in [-0.05, 0) is 43.9 Å². The average Bonchev–Trinajstić information content (AvgIpc) is 3.08. The Balaban J connectivity index is 2.07. The van der Waals surface area contributed by atoms with Crippen LogP contribution in [0.15, 0.2) is 46.4 Å². The molecule has 3 rings (SSSR count). The number of sulfone groups is 1. The summed E-state index contributed by atoms with van der Waals surface area (Å²) in [6.07, 6.45) is 9.58. The van der Waals surface area contributed by atoms with Crippen LogP contribution in [0.3, 0.4) is 0 Å². The summed E-state index contributed by atoms with van der Waals surface area (Å²) in [6.45, 7) is 1.77. The molecule has 0 atom stereocenters. The molecule has 0 amide bonds. The Bertz CT molecular complexity index is 951. The van der Waals surface area contributed by atoms with E-state index in [1.165, 1.54) is 18.9 Å². The van der Waals surface area contributed by atoms with Crippen LogP contribution in [0.25, 0.3) is 5.57 Å². The molecule has 25 heavy (non-hydrogen) atoms. The second-order valence-electron chi connectivity index (χ2n) is 6.67. The van der Waals surface area contributed by atoms with Crippen molar-refractivity contribution in [3.63, 3.8) is 0 Å². The molecule has 0 bridgehead atoms. The zero-order valence-corrected chi connectivity index (χ0v) is 15.3. The molecular formula is C19H22N2O3S. The molecule has 2 heterocycles. The summed E-state index contributed by atoms with van der Waals surface area (Å²) in [7, 11) is -3.33. The van der Waals surface area contributed by atoms with Crippen molar-refractivity contribution >= 4 is 15.4 Å². The maximum Gasteiger partial charge on any atom is 0.251 e. The van der Waals surface area contributed by atoms with Crippen LogP contribution in [0.5, 0.6) is 0 Å². The third-order valence-corrected chi connectivity index (χ3v) is 5.63. The number of rotatable bonds is 4. The largest absolute Gasteiger partial charge is 0.322 e.